The molecule has 1 rings (SSSR count). The van der Waals surface area contributed by atoms with Gasteiger partial charge in [0.25, 0.3) is 0 Å². The maximum Gasteiger partial charge on any atom is 0.141 e. The molecule has 3 heteroatoms. The number of hydrogen-bond donors (Lipinski definition) is 1. The van der Waals surface area contributed by atoms with Gasteiger partial charge in [0.15, 0.2) is 0 Å². The fourth-order valence-electron chi connectivity index (χ4n) is 1.66. The number of aldehydes is 1. The highest BCUT2D eigenvalue weighted by Gasteiger charge is 2.17. The number of benzene rings is 1. The Morgan fingerprint density at radius 2 is 2.06 bits per heavy atom. The van der Waals surface area contributed by atoms with Gasteiger partial charge in [0, 0.05) is 13.1 Å². The van der Waals surface area contributed by atoms with Gasteiger partial charge in [-0.25, -0.2) is 0 Å². The van der Waals surface area contributed by atoms with Gasteiger partial charge in [-0.1, -0.05) is 36.4 Å². The molecule has 0 heterocycles. The van der Waals surface area contributed by atoms with Crippen LogP contribution in [0.4, 0.5) is 0 Å². The third kappa shape index (κ3) is 3.29. The van der Waals surface area contributed by atoms with E-state index in [0.29, 0.717) is 13.1 Å². The topological polar surface area (TPSA) is 40.5 Å². The van der Waals surface area contributed by atoms with Crippen LogP contribution in [0.5, 0.6) is 0 Å². The Kier molecular flexibility index (Phi) is 5.46. The van der Waals surface area contributed by atoms with Crippen LogP contribution in [0.1, 0.15) is 11.6 Å². The molecule has 0 saturated carbocycles. The van der Waals surface area contributed by atoms with Crippen LogP contribution in [0, 0.1) is 0 Å². The van der Waals surface area contributed by atoms with Crippen molar-refractivity contribution in [1.29, 1.82) is 0 Å². The van der Waals surface area contributed by atoms with E-state index in [-0.39, 0.29) is 12.6 Å². The lowest BCUT2D eigenvalue weighted by molar-refractivity contribution is -0.112. The zero-order valence-electron chi connectivity index (χ0n) is 9.25. The summed E-state index contributed by atoms with van der Waals surface area (Å²) in [6, 6.07) is 9.22. The molecule has 0 spiro atoms. The molecule has 0 aliphatic heterocycles. The molecule has 16 heavy (non-hydrogen) atoms. The highest BCUT2D eigenvalue weighted by molar-refractivity contribution is 5.61. The van der Waals surface area contributed by atoms with E-state index < -0.39 is 0 Å². The van der Waals surface area contributed by atoms with E-state index in [9.17, 15) is 4.79 Å². The maximum atomic E-state index is 11.1. The summed E-state index contributed by atoms with van der Waals surface area (Å²) in [5, 5.41) is 8.96. The van der Waals surface area contributed by atoms with E-state index in [1.807, 2.05) is 35.2 Å². The van der Waals surface area contributed by atoms with E-state index in [1.165, 1.54) is 0 Å². The van der Waals surface area contributed by atoms with Crippen molar-refractivity contribution in [3.05, 3.63) is 48.6 Å². The number of aliphatic hydroxyl groups is 1. The number of hydrogen-bond acceptors (Lipinski definition) is 3. The molecule has 3 nitrogen and oxygen atoms in total. The molecule has 0 amide bonds. The molecule has 0 aliphatic carbocycles. The van der Waals surface area contributed by atoms with Crippen LogP contribution in [0.25, 0.3) is 0 Å². The summed E-state index contributed by atoms with van der Waals surface area (Å²) < 4.78 is 0. The smallest absolute Gasteiger partial charge is 0.141 e. The maximum absolute atomic E-state index is 11.1. The van der Waals surface area contributed by atoms with Crippen molar-refractivity contribution in [2.75, 3.05) is 19.7 Å². The molecule has 86 valence electrons. The SMILES string of the molecule is C=CCN(CCO)[C@H](C=O)c1ccccc1. The van der Waals surface area contributed by atoms with Crippen LogP contribution in [0.2, 0.25) is 0 Å². The molecule has 0 aromatic heterocycles. The minimum absolute atomic E-state index is 0.0328. The van der Waals surface area contributed by atoms with Crippen molar-refractivity contribution in [1.82, 2.24) is 4.90 Å². The van der Waals surface area contributed by atoms with Gasteiger partial charge in [0.05, 0.1) is 12.6 Å². The highest BCUT2D eigenvalue weighted by atomic mass is 16.3. The summed E-state index contributed by atoms with van der Waals surface area (Å²) in [4.78, 5) is 13.0. The minimum Gasteiger partial charge on any atom is -0.395 e. The average Bonchev–Trinajstić information content (AvgIpc) is 2.32. The summed E-state index contributed by atoms with van der Waals surface area (Å²) in [6.07, 6.45) is 2.63. The van der Waals surface area contributed by atoms with Gasteiger partial charge in [0.1, 0.15) is 6.29 Å². The van der Waals surface area contributed by atoms with Crippen molar-refractivity contribution in [2.45, 2.75) is 6.04 Å². The third-order valence-corrected chi connectivity index (χ3v) is 2.41. The quantitative estimate of drug-likeness (QED) is 0.557. The fraction of sp³-hybridized carbons (Fsp3) is 0.308. The molecule has 0 radical (unpaired) electrons. The predicted octanol–water partition coefficient (Wildman–Crippen LogP) is 1.41. The monoisotopic (exact) mass is 219 g/mol. The summed E-state index contributed by atoms with van der Waals surface area (Å²) in [6.45, 7) is 4.73. The largest absolute Gasteiger partial charge is 0.395 e. The molecule has 0 aliphatic rings. The Morgan fingerprint density at radius 3 is 2.56 bits per heavy atom. The van der Waals surface area contributed by atoms with Crippen molar-refractivity contribution in [3.63, 3.8) is 0 Å². The molecule has 0 bridgehead atoms. The van der Waals surface area contributed by atoms with Gasteiger partial charge in [-0.3, -0.25) is 4.90 Å². The Hall–Kier alpha value is -1.45. The van der Waals surface area contributed by atoms with Crippen LogP contribution in [0.3, 0.4) is 0 Å². The number of carbonyl (C=O) groups excluding carboxylic acids is 1. The van der Waals surface area contributed by atoms with E-state index >= 15 is 0 Å². The Labute approximate surface area is 96.0 Å². The summed E-state index contributed by atoms with van der Waals surface area (Å²) in [5.74, 6) is 0. The van der Waals surface area contributed by atoms with Gasteiger partial charge in [-0.2, -0.15) is 0 Å². The molecule has 1 aromatic rings. The van der Waals surface area contributed by atoms with Gasteiger partial charge < -0.3 is 9.90 Å². The highest BCUT2D eigenvalue weighted by Crippen LogP contribution is 2.17. The van der Waals surface area contributed by atoms with E-state index in [1.54, 1.807) is 6.08 Å². The molecular formula is C13H17NO2. The second-order valence-corrected chi connectivity index (χ2v) is 3.50. The molecule has 1 aromatic carbocycles. The Morgan fingerprint density at radius 1 is 1.38 bits per heavy atom. The first-order valence-corrected chi connectivity index (χ1v) is 5.29. The molecule has 1 atom stereocenters. The Bertz CT molecular complexity index is 324. The minimum atomic E-state index is -0.314. The lowest BCUT2D eigenvalue weighted by atomic mass is 10.1. The zero-order valence-corrected chi connectivity index (χ0v) is 9.25. The van der Waals surface area contributed by atoms with Gasteiger partial charge in [-0.15, -0.1) is 6.58 Å². The molecule has 0 fully saturated rings. The van der Waals surface area contributed by atoms with E-state index in [4.69, 9.17) is 5.11 Å². The summed E-state index contributed by atoms with van der Waals surface area (Å²) in [7, 11) is 0. The van der Waals surface area contributed by atoms with E-state index in [0.717, 1.165) is 11.8 Å². The van der Waals surface area contributed by atoms with Gasteiger partial charge in [0.2, 0.25) is 0 Å². The van der Waals surface area contributed by atoms with Crippen molar-refractivity contribution < 1.29 is 9.90 Å². The number of aliphatic hydroxyl groups excluding tert-OH is 1. The predicted molar refractivity (Wildman–Crippen MR) is 64.1 cm³/mol. The molecule has 0 saturated heterocycles. The number of rotatable bonds is 7. The second-order valence-electron chi connectivity index (χ2n) is 3.50. The van der Waals surface area contributed by atoms with Crippen LogP contribution >= 0.6 is 0 Å². The average molecular weight is 219 g/mol. The van der Waals surface area contributed by atoms with Crippen LogP contribution in [0.15, 0.2) is 43.0 Å². The fourth-order valence-corrected chi connectivity index (χ4v) is 1.66. The first-order chi connectivity index (χ1) is 7.83. The summed E-state index contributed by atoms with van der Waals surface area (Å²) >= 11 is 0. The molecule has 1 N–H and O–H groups in total. The molecular weight excluding hydrogens is 202 g/mol. The van der Waals surface area contributed by atoms with Crippen molar-refractivity contribution in [3.8, 4) is 0 Å². The third-order valence-electron chi connectivity index (χ3n) is 2.41. The van der Waals surface area contributed by atoms with Gasteiger partial charge >= 0.3 is 0 Å². The van der Waals surface area contributed by atoms with Crippen molar-refractivity contribution in [2.24, 2.45) is 0 Å². The summed E-state index contributed by atoms with van der Waals surface area (Å²) in [5.41, 5.74) is 0.938. The lowest BCUT2D eigenvalue weighted by Gasteiger charge is -2.26. The zero-order chi connectivity index (χ0) is 11.8. The second kappa shape index (κ2) is 6.93. The van der Waals surface area contributed by atoms with E-state index in [2.05, 4.69) is 6.58 Å². The van der Waals surface area contributed by atoms with Crippen LogP contribution in [-0.4, -0.2) is 36.0 Å². The van der Waals surface area contributed by atoms with Crippen molar-refractivity contribution >= 4 is 6.29 Å². The standard InChI is InChI=1S/C13H17NO2/c1-2-8-14(9-10-15)13(11-16)12-6-4-3-5-7-12/h2-7,11,13,15H,1,8-10H2/t13-/m1/s1. The Balaban J connectivity index is 2.85. The lowest BCUT2D eigenvalue weighted by Crippen LogP contribution is -2.32. The van der Waals surface area contributed by atoms with Crippen LogP contribution in [-0.2, 0) is 4.79 Å². The van der Waals surface area contributed by atoms with Crippen LogP contribution < -0.4 is 0 Å². The molecule has 0 unspecified atom stereocenters. The first-order valence-electron chi connectivity index (χ1n) is 5.29. The number of carbonyl (C=O) groups is 1. The number of nitrogens with zero attached hydrogens (tertiary/aromatic N) is 1. The first kappa shape index (κ1) is 12.6. The van der Waals surface area contributed by atoms with Gasteiger partial charge in [-0.05, 0) is 5.56 Å². The normalized spacial score (nSPS) is 12.4.